The van der Waals surface area contributed by atoms with Gasteiger partial charge in [0.05, 0.1) is 4.90 Å². The second kappa shape index (κ2) is 3.88. The molecule has 0 atom stereocenters. The highest BCUT2D eigenvalue weighted by Gasteiger charge is 2.14. The van der Waals surface area contributed by atoms with Crippen molar-refractivity contribution < 1.29 is 13.2 Å². The number of hydrogen-bond donors (Lipinski definition) is 0. The molecule has 0 fully saturated rings. The Bertz CT molecular complexity index is 479. The largest absolute Gasteiger partial charge is 0.276 e. The summed E-state index contributed by atoms with van der Waals surface area (Å²) in [6.07, 6.45) is 0. The summed E-state index contributed by atoms with van der Waals surface area (Å²) in [6.45, 7) is 1.65. The quantitative estimate of drug-likeness (QED) is 0.760. The number of carbonyl (C=O) groups excluding carboxylic acids is 1. The van der Waals surface area contributed by atoms with E-state index in [0.29, 0.717) is 5.56 Å². The lowest BCUT2D eigenvalue weighted by Gasteiger charge is -2.02. The van der Waals surface area contributed by atoms with Gasteiger partial charge in [-0.3, -0.25) is 4.79 Å². The van der Waals surface area contributed by atoms with Gasteiger partial charge < -0.3 is 0 Å². The first-order valence-corrected chi connectivity index (χ1v) is 6.26. The first kappa shape index (κ1) is 11.5. The van der Waals surface area contributed by atoms with Crippen LogP contribution in [0, 0.1) is 6.92 Å². The van der Waals surface area contributed by atoms with Gasteiger partial charge >= 0.3 is 0 Å². The van der Waals surface area contributed by atoms with Gasteiger partial charge in [-0.05, 0) is 36.2 Å². The molecule has 1 aromatic rings. The van der Waals surface area contributed by atoms with Crippen molar-refractivity contribution in [1.29, 1.82) is 0 Å². The summed E-state index contributed by atoms with van der Waals surface area (Å²) in [4.78, 5) is 10.7. The molecule has 0 spiro atoms. The summed E-state index contributed by atoms with van der Waals surface area (Å²) in [7, 11) is 1.29. The number of carbonyl (C=O) groups is 1. The molecular weight excluding hydrogens is 247 g/mol. The summed E-state index contributed by atoms with van der Waals surface area (Å²) in [6, 6.07) is 3.96. The Morgan fingerprint density at radius 1 is 1.36 bits per heavy atom. The highest BCUT2D eigenvalue weighted by molar-refractivity contribution is 8.13. The Labute approximate surface area is 91.1 Å². The monoisotopic (exact) mass is 252 g/mol. The minimum absolute atomic E-state index is 0.131. The van der Waals surface area contributed by atoms with E-state index < -0.39 is 14.3 Å². The van der Waals surface area contributed by atoms with Crippen LogP contribution in [-0.2, 0) is 9.05 Å². The molecule has 76 valence electrons. The van der Waals surface area contributed by atoms with Gasteiger partial charge in [0, 0.05) is 16.2 Å². The normalized spacial score (nSPS) is 11.4. The molecule has 0 heterocycles. The van der Waals surface area contributed by atoms with Crippen molar-refractivity contribution in [2.45, 2.75) is 11.8 Å². The highest BCUT2D eigenvalue weighted by atomic mass is 35.7. The maximum absolute atomic E-state index is 10.9. The van der Waals surface area contributed by atoms with E-state index >= 15 is 0 Å². The minimum Gasteiger partial charge on any atom is -0.276 e. The van der Waals surface area contributed by atoms with E-state index in [-0.39, 0.29) is 10.5 Å². The van der Waals surface area contributed by atoms with Crippen LogP contribution in [0.1, 0.15) is 15.9 Å². The fourth-order valence-corrected chi connectivity index (χ4v) is 1.95. The summed E-state index contributed by atoms with van der Waals surface area (Å²) >= 11 is 5.25. The molecular formula is C8H6Cl2O3S. The molecule has 14 heavy (non-hydrogen) atoms. The van der Waals surface area contributed by atoms with Crippen molar-refractivity contribution in [2.24, 2.45) is 0 Å². The smallest absolute Gasteiger partial charge is 0.261 e. The van der Waals surface area contributed by atoms with Crippen LogP contribution in [0.2, 0.25) is 0 Å². The molecule has 6 heteroatoms. The third-order valence-electron chi connectivity index (χ3n) is 1.70. The number of benzene rings is 1. The molecule has 0 aliphatic heterocycles. The standard InChI is InChI=1S/C8H6Cl2O3S/c1-5-2-3-6(14(10,12)13)4-7(5)8(9)11/h2-4H,1H3. The predicted octanol–water partition coefficient (Wildman–Crippen LogP) is 2.30. The molecule has 0 N–H and O–H groups in total. The van der Waals surface area contributed by atoms with Crippen molar-refractivity contribution in [1.82, 2.24) is 0 Å². The average Bonchev–Trinajstić information content (AvgIpc) is 2.02. The van der Waals surface area contributed by atoms with E-state index in [2.05, 4.69) is 0 Å². The maximum Gasteiger partial charge on any atom is 0.261 e. The van der Waals surface area contributed by atoms with Crippen LogP contribution in [0.3, 0.4) is 0 Å². The summed E-state index contributed by atoms with van der Waals surface area (Å²) in [5, 5.41) is -0.704. The van der Waals surface area contributed by atoms with E-state index in [1.54, 1.807) is 6.92 Å². The van der Waals surface area contributed by atoms with Gasteiger partial charge in [-0.15, -0.1) is 0 Å². The Morgan fingerprint density at radius 2 is 1.93 bits per heavy atom. The Morgan fingerprint density at radius 3 is 2.36 bits per heavy atom. The molecule has 0 aliphatic carbocycles. The van der Waals surface area contributed by atoms with Gasteiger partial charge in [0.1, 0.15) is 0 Å². The molecule has 0 bridgehead atoms. The molecule has 0 aliphatic rings. The zero-order valence-electron chi connectivity index (χ0n) is 7.12. The summed E-state index contributed by atoms with van der Waals surface area (Å²) in [5.74, 6) is 0. The Kier molecular flexibility index (Phi) is 3.19. The average molecular weight is 253 g/mol. The molecule has 1 rings (SSSR count). The predicted molar refractivity (Wildman–Crippen MR) is 54.4 cm³/mol. The summed E-state index contributed by atoms with van der Waals surface area (Å²) < 4.78 is 21.9. The van der Waals surface area contributed by atoms with Gasteiger partial charge in [0.2, 0.25) is 0 Å². The van der Waals surface area contributed by atoms with E-state index in [0.717, 1.165) is 6.07 Å². The molecule has 0 amide bonds. The lowest BCUT2D eigenvalue weighted by atomic mass is 10.1. The van der Waals surface area contributed by atoms with Gasteiger partial charge in [-0.2, -0.15) is 0 Å². The van der Waals surface area contributed by atoms with Crippen molar-refractivity contribution in [2.75, 3.05) is 0 Å². The van der Waals surface area contributed by atoms with Crippen LogP contribution < -0.4 is 0 Å². The zero-order valence-corrected chi connectivity index (χ0v) is 9.45. The van der Waals surface area contributed by atoms with Gasteiger partial charge in [0.25, 0.3) is 14.3 Å². The third kappa shape index (κ3) is 2.47. The molecule has 0 saturated heterocycles. The van der Waals surface area contributed by atoms with Crippen molar-refractivity contribution in [3.05, 3.63) is 29.3 Å². The Hall–Kier alpha value is -0.580. The fourth-order valence-electron chi connectivity index (χ4n) is 0.965. The second-order valence-corrected chi connectivity index (χ2v) is 5.60. The van der Waals surface area contributed by atoms with E-state index in [1.807, 2.05) is 0 Å². The van der Waals surface area contributed by atoms with Crippen molar-refractivity contribution >= 4 is 36.6 Å². The van der Waals surface area contributed by atoms with Gasteiger partial charge in [0.15, 0.2) is 0 Å². The van der Waals surface area contributed by atoms with Crippen molar-refractivity contribution in [3.63, 3.8) is 0 Å². The van der Waals surface area contributed by atoms with Crippen LogP contribution in [-0.4, -0.2) is 13.7 Å². The van der Waals surface area contributed by atoms with Crippen LogP contribution in [0.15, 0.2) is 23.1 Å². The topological polar surface area (TPSA) is 51.2 Å². The maximum atomic E-state index is 10.9. The van der Waals surface area contributed by atoms with E-state index in [1.165, 1.54) is 12.1 Å². The van der Waals surface area contributed by atoms with Crippen LogP contribution in [0.25, 0.3) is 0 Å². The molecule has 0 unspecified atom stereocenters. The highest BCUT2D eigenvalue weighted by Crippen LogP contribution is 2.20. The first-order chi connectivity index (χ1) is 6.32. The SMILES string of the molecule is Cc1ccc(S(=O)(=O)Cl)cc1C(=O)Cl. The minimum atomic E-state index is -3.81. The molecule has 0 saturated carbocycles. The van der Waals surface area contributed by atoms with E-state index in [9.17, 15) is 13.2 Å². The molecule has 3 nitrogen and oxygen atoms in total. The van der Waals surface area contributed by atoms with Gasteiger partial charge in [-0.1, -0.05) is 6.07 Å². The van der Waals surface area contributed by atoms with Gasteiger partial charge in [-0.25, -0.2) is 8.42 Å². The fraction of sp³-hybridized carbons (Fsp3) is 0.125. The zero-order chi connectivity index (χ0) is 10.9. The number of hydrogen-bond acceptors (Lipinski definition) is 3. The molecule has 0 radical (unpaired) electrons. The second-order valence-electron chi connectivity index (χ2n) is 2.69. The first-order valence-electron chi connectivity index (χ1n) is 3.57. The summed E-state index contributed by atoms with van der Waals surface area (Å²) in [5.41, 5.74) is 0.752. The van der Waals surface area contributed by atoms with Crippen LogP contribution in [0.5, 0.6) is 0 Å². The number of rotatable bonds is 2. The van der Waals surface area contributed by atoms with E-state index in [4.69, 9.17) is 22.3 Å². The number of halogens is 2. The lowest BCUT2D eigenvalue weighted by molar-refractivity contribution is 0.108. The third-order valence-corrected chi connectivity index (χ3v) is 3.26. The lowest BCUT2D eigenvalue weighted by Crippen LogP contribution is -1.98. The van der Waals surface area contributed by atoms with Crippen LogP contribution >= 0.6 is 22.3 Å². The van der Waals surface area contributed by atoms with Crippen molar-refractivity contribution in [3.8, 4) is 0 Å². The molecule has 0 aromatic heterocycles. The Balaban J connectivity index is 3.42. The number of aryl methyl sites for hydroxylation is 1. The molecule has 1 aromatic carbocycles. The van der Waals surface area contributed by atoms with Crippen LogP contribution in [0.4, 0.5) is 0 Å².